The van der Waals surface area contributed by atoms with Gasteiger partial charge in [-0.2, -0.15) is 0 Å². The minimum atomic E-state index is -0.590. The molecule has 3 rings (SSSR count). The number of thioether (sulfide) groups is 1. The number of aromatic nitrogens is 1. The van der Waals surface area contributed by atoms with E-state index in [0.29, 0.717) is 16.0 Å². The maximum Gasteiger partial charge on any atom is 0.339 e. The first-order chi connectivity index (χ1) is 16.2. The van der Waals surface area contributed by atoms with E-state index in [2.05, 4.69) is 5.32 Å². The summed E-state index contributed by atoms with van der Waals surface area (Å²) in [7, 11) is 0. The molecule has 0 fully saturated rings. The van der Waals surface area contributed by atoms with E-state index < -0.39 is 5.97 Å². The molecule has 1 heterocycles. The first-order valence-corrected chi connectivity index (χ1v) is 12.1. The van der Waals surface area contributed by atoms with E-state index in [0.717, 1.165) is 22.6 Å². The average molecular weight is 479 g/mol. The lowest BCUT2D eigenvalue weighted by molar-refractivity contribution is -0.119. The van der Waals surface area contributed by atoms with Gasteiger partial charge < -0.3 is 14.6 Å². The van der Waals surface area contributed by atoms with Crippen LogP contribution in [0.1, 0.15) is 51.5 Å². The van der Waals surface area contributed by atoms with Crippen molar-refractivity contribution in [1.29, 1.82) is 0 Å². The Balaban J connectivity index is 1.68. The van der Waals surface area contributed by atoms with Gasteiger partial charge in [-0.25, -0.2) is 4.79 Å². The minimum Gasteiger partial charge on any atom is -0.454 e. The minimum absolute atomic E-state index is 0.0484. The summed E-state index contributed by atoms with van der Waals surface area (Å²) in [4.78, 5) is 38.2. The van der Waals surface area contributed by atoms with Crippen molar-refractivity contribution in [3.63, 3.8) is 0 Å². The molecule has 3 aromatic rings. The Morgan fingerprint density at radius 3 is 2.32 bits per heavy atom. The normalized spacial score (nSPS) is 10.9. The summed E-state index contributed by atoms with van der Waals surface area (Å²) in [5.74, 6) is -0.775. The number of amides is 1. The third kappa shape index (κ3) is 6.17. The number of esters is 1. The summed E-state index contributed by atoms with van der Waals surface area (Å²) < 4.78 is 7.39. The van der Waals surface area contributed by atoms with Crippen LogP contribution < -0.4 is 5.32 Å². The average Bonchev–Trinajstić information content (AvgIpc) is 3.10. The highest BCUT2D eigenvalue weighted by atomic mass is 32.2. The molecule has 178 valence electrons. The lowest BCUT2D eigenvalue weighted by atomic mass is 10.1. The van der Waals surface area contributed by atoms with Crippen molar-refractivity contribution in [2.45, 2.75) is 45.6 Å². The van der Waals surface area contributed by atoms with Gasteiger partial charge in [0.25, 0.3) is 0 Å². The molecule has 0 atom stereocenters. The van der Waals surface area contributed by atoms with Crippen molar-refractivity contribution >= 4 is 29.4 Å². The molecule has 7 heteroatoms. The first kappa shape index (κ1) is 25.3. The molecule has 0 spiro atoms. The summed E-state index contributed by atoms with van der Waals surface area (Å²) in [6, 6.07) is 16.9. The maximum absolute atomic E-state index is 12.9. The van der Waals surface area contributed by atoms with Gasteiger partial charge in [-0.05, 0) is 65.0 Å². The highest BCUT2D eigenvalue weighted by Crippen LogP contribution is 2.24. The number of benzene rings is 2. The zero-order chi connectivity index (χ0) is 24.8. The topological polar surface area (TPSA) is 77.4 Å². The lowest BCUT2D eigenvalue weighted by Gasteiger charge is -2.11. The Morgan fingerprint density at radius 2 is 1.65 bits per heavy atom. The molecule has 0 aliphatic carbocycles. The van der Waals surface area contributed by atoms with Crippen molar-refractivity contribution in [3.8, 4) is 5.69 Å². The van der Waals surface area contributed by atoms with Gasteiger partial charge in [0.05, 0.1) is 11.3 Å². The second kappa shape index (κ2) is 11.2. The Hall–Kier alpha value is -3.32. The quantitative estimate of drug-likeness (QED) is 0.264. The molecule has 0 radical (unpaired) electrons. The fraction of sp³-hybridized carbons (Fsp3) is 0.296. The molecule has 2 aromatic carbocycles. The number of Topliss-reactive ketones (excluding diaryl/α,β-unsaturated/α-hetero) is 1. The predicted molar refractivity (Wildman–Crippen MR) is 135 cm³/mol. The molecular weight excluding hydrogens is 448 g/mol. The second-order valence-corrected chi connectivity index (χ2v) is 9.48. The second-order valence-electron chi connectivity index (χ2n) is 8.46. The molecule has 1 N–H and O–H groups in total. The van der Waals surface area contributed by atoms with Crippen molar-refractivity contribution in [1.82, 2.24) is 9.88 Å². The number of aryl methyl sites for hydroxylation is 2. The van der Waals surface area contributed by atoms with Crippen molar-refractivity contribution in [3.05, 3.63) is 82.7 Å². The highest BCUT2D eigenvalue weighted by Gasteiger charge is 2.20. The van der Waals surface area contributed by atoms with Crippen LogP contribution in [0.15, 0.2) is 59.5 Å². The third-order valence-corrected chi connectivity index (χ3v) is 6.35. The van der Waals surface area contributed by atoms with Gasteiger partial charge in [0.1, 0.15) is 0 Å². The van der Waals surface area contributed by atoms with Gasteiger partial charge in [-0.15, -0.1) is 11.8 Å². The smallest absolute Gasteiger partial charge is 0.339 e. The molecule has 0 bridgehead atoms. The number of carbonyl (C=O) groups is 3. The van der Waals surface area contributed by atoms with E-state index in [1.54, 1.807) is 24.3 Å². The molecule has 6 nitrogen and oxygen atoms in total. The van der Waals surface area contributed by atoms with Gasteiger partial charge in [0.15, 0.2) is 6.61 Å². The van der Waals surface area contributed by atoms with Crippen LogP contribution >= 0.6 is 11.8 Å². The fourth-order valence-electron chi connectivity index (χ4n) is 3.69. The number of ether oxygens (including phenoxy) is 1. The fourth-order valence-corrected chi connectivity index (χ4v) is 4.54. The van der Waals surface area contributed by atoms with Crippen molar-refractivity contribution in [2.24, 2.45) is 0 Å². The van der Waals surface area contributed by atoms with Crippen LogP contribution in [0.5, 0.6) is 0 Å². The first-order valence-electron chi connectivity index (χ1n) is 11.1. The van der Waals surface area contributed by atoms with E-state index in [4.69, 9.17) is 4.74 Å². The van der Waals surface area contributed by atoms with Gasteiger partial charge >= 0.3 is 5.97 Å². The van der Waals surface area contributed by atoms with Crippen LogP contribution in [0.4, 0.5) is 0 Å². The summed E-state index contributed by atoms with van der Waals surface area (Å²) in [6.45, 7) is 9.28. The molecule has 34 heavy (non-hydrogen) atoms. The van der Waals surface area contributed by atoms with Crippen LogP contribution in [-0.2, 0) is 9.53 Å². The summed E-state index contributed by atoms with van der Waals surface area (Å²) >= 11 is 1.26. The standard InChI is InChI=1S/C27H30N2O4S/c1-17(2)28-26(31)16-34-25-9-7-6-8-22(25)27(32)33-15-24(30)23-14-19(4)29(20(23)5)21-12-10-18(3)11-13-21/h6-14,17H,15-16H2,1-5H3,(H,28,31). The molecule has 0 saturated heterocycles. The van der Waals surface area contributed by atoms with E-state index in [1.807, 2.05) is 69.5 Å². The van der Waals surface area contributed by atoms with E-state index >= 15 is 0 Å². The number of carbonyl (C=O) groups excluding carboxylic acids is 3. The van der Waals surface area contributed by atoms with Gasteiger partial charge in [-0.1, -0.05) is 29.8 Å². The van der Waals surface area contributed by atoms with Crippen LogP contribution in [0.2, 0.25) is 0 Å². The van der Waals surface area contributed by atoms with Gasteiger partial charge in [-0.3, -0.25) is 9.59 Å². The Morgan fingerprint density at radius 1 is 0.971 bits per heavy atom. The highest BCUT2D eigenvalue weighted by molar-refractivity contribution is 8.00. The van der Waals surface area contributed by atoms with Crippen LogP contribution in [0, 0.1) is 20.8 Å². The van der Waals surface area contributed by atoms with E-state index in [1.165, 1.54) is 11.8 Å². The van der Waals surface area contributed by atoms with E-state index in [9.17, 15) is 14.4 Å². The SMILES string of the molecule is Cc1ccc(-n2c(C)cc(C(=O)COC(=O)c3ccccc3SCC(=O)NC(C)C)c2C)cc1. The zero-order valence-corrected chi connectivity index (χ0v) is 21.0. The molecule has 1 aromatic heterocycles. The monoisotopic (exact) mass is 478 g/mol. The van der Waals surface area contributed by atoms with Crippen molar-refractivity contribution in [2.75, 3.05) is 12.4 Å². The molecule has 0 unspecified atom stereocenters. The number of hydrogen-bond donors (Lipinski definition) is 1. The number of hydrogen-bond acceptors (Lipinski definition) is 5. The Labute approximate surface area is 204 Å². The molecule has 0 aliphatic rings. The van der Waals surface area contributed by atoms with Crippen LogP contribution in [0.3, 0.4) is 0 Å². The third-order valence-electron chi connectivity index (χ3n) is 5.27. The molecule has 1 amide bonds. The summed E-state index contributed by atoms with van der Waals surface area (Å²) in [5.41, 5.74) is 4.73. The Kier molecular flexibility index (Phi) is 8.34. The Bertz CT molecular complexity index is 1200. The predicted octanol–water partition coefficient (Wildman–Crippen LogP) is 5.06. The van der Waals surface area contributed by atoms with Gasteiger partial charge in [0.2, 0.25) is 11.7 Å². The van der Waals surface area contributed by atoms with Crippen LogP contribution in [-0.4, -0.2) is 40.6 Å². The summed E-state index contributed by atoms with van der Waals surface area (Å²) in [6.07, 6.45) is 0. The lowest BCUT2D eigenvalue weighted by Crippen LogP contribution is -2.31. The maximum atomic E-state index is 12.9. The van der Waals surface area contributed by atoms with Crippen molar-refractivity contribution < 1.29 is 19.1 Å². The van der Waals surface area contributed by atoms with Crippen LogP contribution in [0.25, 0.3) is 5.69 Å². The van der Waals surface area contributed by atoms with E-state index in [-0.39, 0.29) is 30.1 Å². The molecule has 0 aliphatic heterocycles. The molecule has 0 saturated carbocycles. The van der Waals surface area contributed by atoms with Gasteiger partial charge in [0, 0.05) is 33.6 Å². The number of ketones is 1. The largest absolute Gasteiger partial charge is 0.454 e. The summed E-state index contributed by atoms with van der Waals surface area (Å²) in [5, 5.41) is 2.82. The number of nitrogens with zero attached hydrogens (tertiary/aromatic N) is 1. The number of rotatable bonds is 9. The number of nitrogens with one attached hydrogen (secondary N) is 1. The molecular formula is C27H30N2O4S. The zero-order valence-electron chi connectivity index (χ0n) is 20.2.